The van der Waals surface area contributed by atoms with E-state index in [0.29, 0.717) is 24.2 Å². The second-order valence-corrected chi connectivity index (χ2v) is 7.60. The molecule has 4 nitrogen and oxygen atoms in total. The Balaban J connectivity index is 2.07. The molecule has 128 valence electrons. The summed E-state index contributed by atoms with van der Waals surface area (Å²) < 4.78 is 55.1. The van der Waals surface area contributed by atoms with Gasteiger partial charge < -0.3 is 5.32 Å². The summed E-state index contributed by atoms with van der Waals surface area (Å²) in [6.07, 6.45) is 0. The Bertz CT molecular complexity index is 835. The van der Waals surface area contributed by atoms with Gasteiger partial charge in [0.15, 0.2) is 0 Å². The van der Waals surface area contributed by atoms with Gasteiger partial charge in [-0.25, -0.2) is 17.2 Å². The van der Waals surface area contributed by atoms with Gasteiger partial charge in [0.25, 0.3) is 0 Å². The Kier molecular flexibility index (Phi) is 4.67. The molecule has 0 bridgehead atoms. The summed E-state index contributed by atoms with van der Waals surface area (Å²) in [5, 5.41) is 3.11. The topological polar surface area (TPSA) is 49.4 Å². The Morgan fingerprint density at radius 2 is 1.92 bits per heavy atom. The molecule has 2 aromatic carbocycles. The number of benzene rings is 2. The average Bonchev–Trinajstić information content (AvgIpc) is 2.54. The second-order valence-electron chi connectivity index (χ2n) is 5.78. The zero-order valence-corrected chi connectivity index (χ0v) is 14.0. The van der Waals surface area contributed by atoms with Crippen molar-refractivity contribution in [2.75, 3.05) is 19.6 Å². The number of nitrogens with zero attached hydrogens (tertiary/aromatic N) is 1. The summed E-state index contributed by atoms with van der Waals surface area (Å²) in [7, 11) is -4.04. The molecule has 0 aromatic heterocycles. The average molecular weight is 352 g/mol. The lowest BCUT2D eigenvalue weighted by atomic mass is 10.1. The summed E-state index contributed by atoms with van der Waals surface area (Å²) in [6, 6.07) is 9.43. The third-order valence-corrected chi connectivity index (χ3v) is 6.25. The number of sulfonamides is 1. The molecule has 1 fully saturated rings. The van der Waals surface area contributed by atoms with Gasteiger partial charge >= 0.3 is 0 Å². The van der Waals surface area contributed by atoms with Crippen molar-refractivity contribution >= 4 is 10.0 Å². The van der Waals surface area contributed by atoms with Crippen molar-refractivity contribution in [3.05, 3.63) is 65.2 Å². The van der Waals surface area contributed by atoms with Crippen LogP contribution in [0.5, 0.6) is 0 Å². The molecular weight excluding hydrogens is 334 g/mol. The molecule has 1 aliphatic rings. The van der Waals surface area contributed by atoms with Crippen molar-refractivity contribution in [3.63, 3.8) is 0 Å². The molecule has 0 spiro atoms. The van der Waals surface area contributed by atoms with Crippen LogP contribution in [0.2, 0.25) is 0 Å². The fourth-order valence-corrected chi connectivity index (χ4v) is 4.92. The highest BCUT2D eigenvalue weighted by molar-refractivity contribution is 7.89. The standard InChI is InChI=1S/C17H18F2N2O2S/c1-12-4-2-7-15(19)17(12)24(22,23)21-9-8-20-11-16(21)13-5-3-6-14(18)10-13/h2-7,10,16,20H,8-9,11H2,1H3. The van der Waals surface area contributed by atoms with E-state index in [2.05, 4.69) is 5.32 Å². The Morgan fingerprint density at radius 1 is 1.17 bits per heavy atom. The zero-order chi connectivity index (χ0) is 17.3. The van der Waals surface area contributed by atoms with E-state index in [9.17, 15) is 17.2 Å². The minimum atomic E-state index is -4.04. The van der Waals surface area contributed by atoms with Gasteiger partial charge in [0, 0.05) is 19.6 Å². The molecule has 3 rings (SSSR count). The van der Waals surface area contributed by atoms with E-state index in [0.717, 1.165) is 6.07 Å². The molecular formula is C17H18F2N2O2S. The number of piperazine rings is 1. The molecule has 1 saturated heterocycles. The Labute approximate surface area is 140 Å². The van der Waals surface area contributed by atoms with E-state index in [1.807, 2.05) is 0 Å². The van der Waals surface area contributed by atoms with E-state index in [4.69, 9.17) is 0 Å². The predicted octanol–water partition coefficient (Wildman–Crippen LogP) is 2.61. The van der Waals surface area contributed by atoms with Gasteiger partial charge in [-0.15, -0.1) is 0 Å². The smallest absolute Gasteiger partial charge is 0.246 e. The van der Waals surface area contributed by atoms with E-state index >= 15 is 0 Å². The van der Waals surface area contributed by atoms with E-state index < -0.39 is 27.7 Å². The van der Waals surface area contributed by atoms with Gasteiger partial charge in [-0.3, -0.25) is 0 Å². The summed E-state index contributed by atoms with van der Waals surface area (Å²) in [6.45, 7) is 2.56. The monoisotopic (exact) mass is 352 g/mol. The van der Waals surface area contributed by atoms with E-state index in [1.54, 1.807) is 25.1 Å². The van der Waals surface area contributed by atoms with Gasteiger partial charge in [-0.2, -0.15) is 4.31 Å². The van der Waals surface area contributed by atoms with Crippen LogP contribution in [0.3, 0.4) is 0 Å². The first kappa shape index (κ1) is 17.0. The molecule has 0 aliphatic carbocycles. The van der Waals surface area contributed by atoms with Gasteiger partial charge in [-0.1, -0.05) is 24.3 Å². The SMILES string of the molecule is Cc1cccc(F)c1S(=O)(=O)N1CCNCC1c1cccc(F)c1. The summed E-state index contributed by atoms with van der Waals surface area (Å²) in [5.74, 6) is -1.20. The fraction of sp³-hybridized carbons (Fsp3) is 0.294. The van der Waals surface area contributed by atoms with Crippen LogP contribution >= 0.6 is 0 Å². The van der Waals surface area contributed by atoms with Gasteiger partial charge in [0.2, 0.25) is 10.0 Å². The molecule has 1 N–H and O–H groups in total. The summed E-state index contributed by atoms with van der Waals surface area (Å²) in [4.78, 5) is -0.312. The maximum atomic E-state index is 14.2. The van der Waals surface area contributed by atoms with Crippen molar-refractivity contribution in [1.29, 1.82) is 0 Å². The molecule has 1 atom stereocenters. The first-order valence-electron chi connectivity index (χ1n) is 7.64. The summed E-state index contributed by atoms with van der Waals surface area (Å²) in [5.41, 5.74) is 0.895. The van der Waals surface area contributed by atoms with E-state index in [-0.39, 0.29) is 11.4 Å². The van der Waals surface area contributed by atoms with Crippen LogP contribution in [-0.4, -0.2) is 32.4 Å². The number of hydrogen-bond acceptors (Lipinski definition) is 3. The van der Waals surface area contributed by atoms with Crippen molar-refractivity contribution in [2.24, 2.45) is 0 Å². The maximum absolute atomic E-state index is 14.2. The Hall–Kier alpha value is -1.83. The van der Waals surface area contributed by atoms with Crippen LogP contribution in [0.1, 0.15) is 17.2 Å². The first-order valence-corrected chi connectivity index (χ1v) is 9.08. The molecule has 1 unspecified atom stereocenters. The van der Waals surface area contributed by atoms with Crippen molar-refractivity contribution in [2.45, 2.75) is 17.9 Å². The Morgan fingerprint density at radius 3 is 2.62 bits per heavy atom. The molecule has 1 heterocycles. The fourth-order valence-electron chi connectivity index (χ4n) is 3.03. The predicted molar refractivity (Wildman–Crippen MR) is 87.0 cm³/mol. The van der Waals surface area contributed by atoms with Crippen molar-refractivity contribution in [1.82, 2.24) is 9.62 Å². The number of hydrogen-bond donors (Lipinski definition) is 1. The van der Waals surface area contributed by atoms with Crippen LogP contribution in [0.4, 0.5) is 8.78 Å². The minimum Gasteiger partial charge on any atom is -0.313 e. The van der Waals surface area contributed by atoms with Crippen molar-refractivity contribution in [3.8, 4) is 0 Å². The third kappa shape index (κ3) is 3.07. The molecule has 0 saturated carbocycles. The lowest BCUT2D eigenvalue weighted by Crippen LogP contribution is -2.48. The highest BCUT2D eigenvalue weighted by Crippen LogP contribution is 2.31. The zero-order valence-electron chi connectivity index (χ0n) is 13.2. The molecule has 7 heteroatoms. The van der Waals surface area contributed by atoms with Crippen LogP contribution in [-0.2, 0) is 10.0 Å². The lowest BCUT2D eigenvalue weighted by Gasteiger charge is -2.35. The van der Waals surface area contributed by atoms with Crippen LogP contribution in [0.25, 0.3) is 0 Å². The van der Waals surface area contributed by atoms with Gasteiger partial charge in [0.1, 0.15) is 16.5 Å². The second kappa shape index (κ2) is 6.58. The highest BCUT2D eigenvalue weighted by Gasteiger charge is 2.36. The van der Waals surface area contributed by atoms with Crippen LogP contribution in [0, 0.1) is 18.6 Å². The highest BCUT2D eigenvalue weighted by atomic mass is 32.2. The molecule has 24 heavy (non-hydrogen) atoms. The number of aryl methyl sites for hydroxylation is 1. The lowest BCUT2D eigenvalue weighted by molar-refractivity contribution is 0.270. The normalized spacial score (nSPS) is 19.4. The van der Waals surface area contributed by atoms with Crippen LogP contribution < -0.4 is 5.32 Å². The number of halogens is 2. The van der Waals surface area contributed by atoms with Gasteiger partial charge in [-0.05, 0) is 36.2 Å². The maximum Gasteiger partial charge on any atom is 0.246 e. The van der Waals surface area contributed by atoms with Crippen molar-refractivity contribution < 1.29 is 17.2 Å². The molecule has 0 amide bonds. The van der Waals surface area contributed by atoms with E-state index in [1.165, 1.54) is 22.5 Å². The number of rotatable bonds is 3. The largest absolute Gasteiger partial charge is 0.313 e. The number of nitrogens with one attached hydrogen (secondary N) is 1. The molecule has 2 aromatic rings. The van der Waals surface area contributed by atoms with Gasteiger partial charge in [0.05, 0.1) is 6.04 Å². The first-order chi connectivity index (χ1) is 11.4. The quantitative estimate of drug-likeness (QED) is 0.924. The molecule has 0 radical (unpaired) electrons. The summed E-state index contributed by atoms with van der Waals surface area (Å²) >= 11 is 0. The minimum absolute atomic E-state index is 0.192. The molecule has 1 aliphatic heterocycles. The van der Waals surface area contributed by atoms with Crippen LogP contribution in [0.15, 0.2) is 47.4 Å². The third-order valence-electron chi connectivity index (χ3n) is 4.16.